The second-order valence-electron chi connectivity index (χ2n) is 6.10. The molecule has 1 fully saturated rings. The summed E-state index contributed by atoms with van der Waals surface area (Å²) in [6.07, 6.45) is 1.63. The molecular formula is C21H13I2NO3S. The molecule has 0 spiro atoms. The highest BCUT2D eigenvalue weighted by molar-refractivity contribution is 14.1. The standard InChI is InChI=1S/C21H13I2NO3S/c22-15-5-1-13(2-6-15)12-24-20(25)19(28-21(24)26)11-17-9-10-18(27-17)14-3-7-16(23)8-4-14/h1-11H,12H2/b19-11-. The third-order valence-corrected chi connectivity index (χ3v) is 6.50. The van der Waals surface area contributed by atoms with Gasteiger partial charge in [0.05, 0.1) is 11.4 Å². The zero-order valence-corrected chi connectivity index (χ0v) is 19.5. The highest BCUT2D eigenvalue weighted by atomic mass is 127. The lowest BCUT2D eigenvalue weighted by Gasteiger charge is -2.12. The molecule has 0 atom stereocenters. The Bertz CT molecular complexity index is 1070. The van der Waals surface area contributed by atoms with Gasteiger partial charge >= 0.3 is 0 Å². The second-order valence-corrected chi connectivity index (χ2v) is 9.59. The first-order chi connectivity index (χ1) is 13.5. The van der Waals surface area contributed by atoms with Crippen LogP contribution in [0.5, 0.6) is 0 Å². The van der Waals surface area contributed by atoms with E-state index in [9.17, 15) is 9.59 Å². The first-order valence-corrected chi connectivity index (χ1v) is 11.3. The summed E-state index contributed by atoms with van der Waals surface area (Å²) in [7, 11) is 0. The summed E-state index contributed by atoms with van der Waals surface area (Å²) in [5, 5.41) is -0.265. The molecule has 2 aromatic carbocycles. The fraction of sp³-hybridized carbons (Fsp3) is 0.0476. The summed E-state index contributed by atoms with van der Waals surface area (Å²) in [6.45, 7) is 0.269. The summed E-state index contributed by atoms with van der Waals surface area (Å²) in [5.41, 5.74) is 1.88. The lowest BCUT2D eigenvalue weighted by atomic mass is 10.2. The molecule has 0 radical (unpaired) electrons. The number of carbonyl (C=O) groups is 2. The Balaban J connectivity index is 1.52. The second kappa shape index (κ2) is 8.42. The summed E-state index contributed by atoms with van der Waals surface area (Å²) in [6, 6.07) is 19.4. The molecule has 1 aliphatic heterocycles. The summed E-state index contributed by atoms with van der Waals surface area (Å²) in [5.74, 6) is 0.981. The van der Waals surface area contributed by atoms with Gasteiger partial charge in [-0.2, -0.15) is 0 Å². The molecular weight excluding hydrogens is 600 g/mol. The summed E-state index contributed by atoms with van der Waals surface area (Å²) < 4.78 is 8.10. The molecule has 0 N–H and O–H groups in total. The maximum atomic E-state index is 12.7. The molecule has 0 aliphatic carbocycles. The largest absolute Gasteiger partial charge is 0.457 e. The van der Waals surface area contributed by atoms with E-state index in [1.165, 1.54) is 4.90 Å². The number of benzene rings is 2. The Morgan fingerprint density at radius 3 is 2.21 bits per heavy atom. The normalized spacial score (nSPS) is 15.6. The van der Waals surface area contributed by atoms with Crippen molar-refractivity contribution in [2.24, 2.45) is 0 Å². The van der Waals surface area contributed by atoms with Crippen molar-refractivity contribution in [2.45, 2.75) is 6.54 Å². The lowest BCUT2D eigenvalue weighted by Crippen LogP contribution is -2.27. The quantitative estimate of drug-likeness (QED) is 0.253. The van der Waals surface area contributed by atoms with Crippen LogP contribution in [0, 0.1) is 7.14 Å². The molecule has 1 aliphatic rings. The molecule has 4 rings (SSSR count). The van der Waals surface area contributed by atoms with E-state index in [1.807, 2.05) is 54.6 Å². The van der Waals surface area contributed by atoms with E-state index >= 15 is 0 Å². The number of hydrogen-bond donors (Lipinski definition) is 0. The van der Waals surface area contributed by atoms with E-state index in [2.05, 4.69) is 45.2 Å². The molecule has 0 saturated carbocycles. The van der Waals surface area contributed by atoms with Crippen molar-refractivity contribution in [3.63, 3.8) is 0 Å². The number of thioether (sulfide) groups is 1. The predicted molar refractivity (Wildman–Crippen MR) is 128 cm³/mol. The van der Waals surface area contributed by atoms with Crippen LogP contribution in [0.2, 0.25) is 0 Å². The maximum absolute atomic E-state index is 12.7. The number of rotatable bonds is 4. The Morgan fingerprint density at radius 2 is 1.54 bits per heavy atom. The van der Waals surface area contributed by atoms with Crippen LogP contribution in [0.25, 0.3) is 17.4 Å². The third kappa shape index (κ3) is 4.36. The minimum absolute atomic E-state index is 0.265. The van der Waals surface area contributed by atoms with Crippen LogP contribution in [0.15, 0.2) is 70.0 Å². The first-order valence-electron chi connectivity index (χ1n) is 8.35. The zero-order valence-electron chi connectivity index (χ0n) is 14.4. The van der Waals surface area contributed by atoms with Crippen LogP contribution in [-0.2, 0) is 11.3 Å². The van der Waals surface area contributed by atoms with Crippen LogP contribution in [0.1, 0.15) is 11.3 Å². The van der Waals surface area contributed by atoms with Crippen LogP contribution in [-0.4, -0.2) is 16.0 Å². The number of hydrogen-bond acceptors (Lipinski definition) is 4. The van der Waals surface area contributed by atoms with Gasteiger partial charge in [-0.05, 0) is 98.9 Å². The summed E-state index contributed by atoms with van der Waals surface area (Å²) in [4.78, 5) is 26.6. The molecule has 140 valence electrons. The molecule has 1 aromatic heterocycles. The van der Waals surface area contributed by atoms with Crippen LogP contribution in [0.3, 0.4) is 0 Å². The minimum atomic E-state index is -0.291. The lowest BCUT2D eigenvalue weighted by molar-refractivity contribution is -0.123. The van der Waals surface area contributed by atoms with E-state index in [0.29, 0.717) is 10.7 Å². The average Bonchev–Trinajstić information content (AvgIpc) is 3.24. The van der Waals surface area contributed by atoms with Crippen molar-refractivity contribution in [1.29, 1.82) is 0 Å². The SMILES string of the molecule is O=C1S/C(=C\c2ccc(-c3ccc(I)cc3)o2)C(=O)N1Cc1ccc(I)cc1. The third-order valence-electron chi connectivity index (χ3n) is 4.16. The summed E-state index contributed by atoms with van der Waals surface area (Å²) >= 11 is 5.42. The molecule has 1 saturated heterocycles. The van der Waals surface area contributed by atoms with Gasteiger partial charge in [-0.3, -0.25) is 14.5 Å². The van der Waals surface area contributed by atoms with Crippen molar-refractivity contribution in [3.8, 4) is 11.3 Å². The van der Waals surface area contributed by atoms with Crippen molar-refractivity contribution < 1.29 is 14.0 Å². The van der Waals surface area contributed by atoms with Gasteiger partial charge in [0.25, 0.3) is 11.1 Å². The number of halogens is 2. The van der Waals surface area contributed by atoms with Gasteiger partial charge in [0.15, 0.2) is 0 Å². The van der Waals surface area contributed by atoms with Crippen molar-refractivity contribution in [2.75, 3.05) is 0 Å². The van der Waals surface area contributed by atoms with Crippen LogP contribution in [0.4, 0.5) is 4.79 Å². The Kier molecular flexibility index (Phi) is 5.93. The fourth-order valence-corrected chi connectivity index (χ4v) is 4.28. The van der Waals surface area contributed by atoms with Gasteiger partial charge in [0, 0.05) is 18.8 Å². The molecule has 2 heterocycles. The van der Waals surface area contributed by atoms with Crippen LogP contribution < -0.4 is 0 Å². The van der Waals surface area contributed by atoms with Gasteiger partial charge in [-0.1, -0.05) is 24.3 Å². The molecule has 28 heavy (non-hydrogen) atoms. The highest BCUT2D eigenvalue weighted by Crippen LogP contribution is 2.34. The van der Waals surface area contributed by atoms with Gasteiger partial charge in [-0.25, -0.2) is 0 Å². The molecule has 2 amide bonds. The Hall–Kier alpha value is -1.59. The Labute approximate surface area is 193 Å². The van der Waals surface area contributed by atoms with Crippen molar-refractivity contribution in [3.05, 3.63) is 84.0 Å². The van der Waals surface area contributed by atoms with E-state index in [-0.39, 0.29) is 17.7 Å². The van der Waals surface area contributed by atoms with E-state index < -0.39 is 0 Å². The molecule has 3 aromatic rings. The first kappa shape index (κ1) is 19.7. The number of amides is 2. The van der Waals surface area contributed by atoms with Gasteiger partial charge in [0.1, 0.15) is 11.5 Å². The van der Waals surface area contributed by atoms with Gasteiger partial charge in [-0.15, -0.1) is 0 Å². The van der Waals surface area contributed by atoms with Gasteiger partial charge < -0.3 is 4.42 Å². The fourth-order valence-electron chi connectivity index (χ4n) is 2.74. The number of imide groups is 1. The van der Waals surface area contributed by atoms with Crippen molar-refractivity contribution >= 4 is 74.2 Å². The monoisotopic (exact) mass is 613 g/mol. The number of carbonyl (C=O) groups excluding carboxylic acids is 2. The maximum Gasteiger partial charge on any atom is 0.293 e. The Morgan fingerprint density at radius 1 is 0.893 bits per heavy atom. The number of nitrogens with zero attached hydrogens (tertiary/aromatic N) is 1. The van der Waals surface area contributed by atoms with E-state index in [4.69, 9.17) is 4.42 Å². The smallest absolute Gasteiger partial charge is 0.293 e. The topological polar surface area (TPSA) is 50.5 Å². The van der Waals surface area contributed by atoms with E-state index in [1.54, 1.807) is 12.1 Å². The highest BCUT2D eigenvalue weighted by Gasteiger charge is 2.35. The number of furan rings is 1. The zero-order chi connectivity index (χ0) is 19.7. The molecule has 7 heteroatoms. The average molecular weight is 613 g/mol. The van der Waals surface area contributed by atoms with Crippen LogP contribution >= 0.6 is 56.9 Å². The predicted octanol–water partition coefficient (Wildman–Crippen LogP) is 6.39. The van der Waals surface area contributed by atoms with Crippen molar-refractivity contribution in [1.82, 2.24) is 4.90 Å². The molecule has 0 unspecified atom stereocenters. The minimum Gasteiger partial charge on any atom is -0.457 e. The van der Waals surface area contributed by atoms with Gasteiger partial charge in [0.2, 0.25) is 0 Å². The van der Waals surface area contributed by atoms with E-state index in [0.717, 1.165) is 35.8 Å². The molecule has 4 nitrogen and oxygen atoms in total. The molecule has 0 bridgehead atoms.